The predicted octanol–water partition coefficient (Wildman–Crippen LogP) is 4.95. The molecular weight excluding hydrogens is 370 g/mol. The van der Waals surface area contributed by atoms with Crippen LogP contribution in [0.4, 0.5) is 5.13 Å². The lowest BCUT2D eigenvalue weighted by Gasteiger charge is -2.29. The van der Waals surface area contributed by atoms with Crippen LogP contribution in [0.25, 0.3) is 10.2 Å². The van der Waals surface area contributed by atoms with Crippen molar-refractivity contribution in [2.45, 2.75) is 52.9 Å². The Bertz CT molecular complexity index is 766. The molecule has 0 N–H and O–H groups in total. The molecule has 1 aliphatic rings. The van der Waals surface area contributed by atoms with Crippen LogP contribution in [0.1, 0.15) is 52.9 Å². The van der Waals surface area contributed by atoms with Crippen LogP contribution in [0.3, 0.4) is 0 Å². The van der Waals surface area contributed by atoms with Gasteiger partial charge >= 0.3 is 0 Å². The number of thiazole rings is 1. The number of hydrogen-bond acceptors (Lipinski definition) is 5. The summed E-state index contributed by atoms with van der Waals surface area (Å²) in [5, 5.41) is 0.810. The molecule has 1 aromatic heterocycles. The van der Waals surface area contributed by atoms with Crippen molar-refractivity contribution in [2.24, 2.45) is 5.92 Å². The van der Waals surface area contributed by atoms with Gasteiger partial charge in [-0.15, -0.1) is 0 Å². The Morgan fingerprint density at radius 3 is 2.57 bits per heavy atom. The molecule has 6 heteroatoms. The van der Waals surface area contributed by atoms with Gasteiger partial charge < -0.3 is 9.64 Å². The number of nitrogens with zero attached hydrogens (tertiary/aromatic N) is 3. The van der Waals surface area contributed by atoms with Gasteiger partial charge in [-0.25, -0.2) is 4.98 Å². The summed E-state index contributed by atoms with van der Waals surface area (Å²) in [4.78, 5) is 22.6. The van der Waals surface area contributed by atoms with Crippen LogP contribution in [0.5, 0.6) is 5.75 Å². The Labute approximate surface area is 172 Å². The summed E-state index contributed by atoms with van der Waals surface area (Å²) in [5.74, 6) is 1.20. The quantitative estimate of drug-likeness (QED) is 0.594. The van der Waals surface area contributed by atoms with Gasteiger partial charge in [-0.05, 0) is 45.0 Å². The fourth-order valence-corrected chi connectivity index (χ4v) is 4.96. The molecule has 1 heterocycles. The van der Waals surface area contributed by atoms with Crippen molar-refractivity contribution in [1.82, 2.24) is 9.88 Å². The third kappa shape index (κ3) is 4.84. The van der Waals surface area contributed by atoms with Crippen molar-refractivity contribution < 1.29 is 9.53 Å². The van der Waals surface area contributed by atoms with Crippen molar-refractivity contribution in [2.75, 3.05) is 37.7 Å². The number of anilines is 1. The minimum Gasteiger partial charge on any atom is -0.492 e. The molecule has 0 spiro atoms. The third-order valence-corrected chi connectivity index (χ3v) is 6.70. The predicted molar refractivity (Wildman–Crippen MR) is 118 cm³/mol. The second-order valence-electron chi connectivity index (χ2n) is 7.38. The van der Waals surface area contributed by atoms with Crippen molar-refractivity contribution >= 4 is 32.6 Å². The van der Waals surface area contributed by atoms with Crippen molar-refractivity contribution in [3.63, 3.8) is 0 Å². The number of fused-ring (bicyclic) bond motifs is 1. The molecule has 1 amide bonds. The maximum absolute atomic E-state index is 13.4. The van der Waals surface area contributed by atoms with E-state index in [2.05, 4.69) is 24.8 Å². The number of para-hydroxylation sites is 1. The Kier molecular flexibility index (Phi) is 7.68. The molecule has 1 fully saturated rings. The van der Waals surface area contributed by atoms with E-state index in [1.807, 2.05) is 24.0 Å². The monoisotopic (exact) mass is 403 g/mol. The molecule has 1 aliphatic carbocycles. The minimum absolute atomic E-state index is 0.142. The number of rotatable bonds is 9. The Balaban J connectivity index is 1.89. The van der Waals surface area contributed by atoms with E-state index in [0.29, 0.717) is 13.2 Å². The van der Waals surface area contributed by atoms with Gasteiger partial charge in [0.25, 0.3) is 0 Å². The number of likely N-dealkylation sites (N-methyl/N-ethyl adjacent to an activating group) is 1. The number of benzene rings is 1. The van der Waals surface area contributed by atoms with Gasteiger partial charge in [0.15, 0.2) is 5.13 Å². The molecular formula is C22H33N3O2S. The molecule has 1 aromatic carbocycles. The number of amides is 1. The van der Waals surface area contributed by atoms with Crippen LogP contribution in [0.15, 0.2) is 18.2 Å². The normalized spacial score (nSPS) is 15.3. The first kappa shape index (κ1) is 21.1. The molecule has 1 saturated carbocycles. The van der Waals surface area contributed by atoms with Gasteiger partial charge in [0.2, 0.25) is 5.91 Å². The second-order valence-corrected chi connectivity index (χ2v) is 8.39. The van der Waals surface area contributed by atoms with Crippen LogP contribution in [-0.2, 0) is 4.79 Å². The first-order chi connectivity index (χ1) is 13.7. The van der Waals surface area contributed by atoms with Gasteiger partial charge in [0.05, 0.1) is 11.3 Å². The number of carbonyl (C=O) groups is 1. The Hall–Kier alpha value is -1.66. The van der Waals surface area contributed by atoms with E-state index in [0.717, 1.165) is 66.4 Å². The standard InChI is InChI=1S/C22H33N3O2S/c1-4-24(5-2)15-16-25(21(26)17-11-8-7-9-12-17)22-23-20-18(27-6-3)13-10-14-19(20)28-22/h10,13-14,17H,4-9,11-12,15-16H2,1-3H3. The number of aromatic nitrogens is 1. The maximum atomic E-state index is 13.4. The zero-order chi connectivity index (χ0) is 19.9. The fraction of sp³-hybridized carbons (Fsp3) is 0.636. The highest BCUT2D eigenvalue weighted by Crippen LogP contribution is 2.36. The zero-order valence-electron chi connectivity index (χ0n) is 17.4. The molecule has 0 unspecified atom stereocenters. The highest BCUT2D eigenvalue weighted by Gasteiger charge is 2.29. The highest BCUT2D eigenvalue weighted by molar-refractivity contribution is 7.22. The van der Waals surface area contributed by atoms with E-state index < -0.39 is 0 Å². The molecule has 0 saturated heterocycles. The first-order valence-corrected chi connectivity index (χ1v) is 11.6. The molecule has 28 heavy (non-hydrogen) atoms. The van der Waals surface area contributed by atoms with Crippen LogP contribution < -0.4 is 9.64 Å². The van der Waals surface area contributed by atoms with Gasteiger partial charge in [0.1, 0.15) is 11.3 Å². The third-order valence-electron chi connectivity index (χ3n) is 5.66. The molecule has 5 nitrogen and oxygen atoms in total. The summed E-state index contributed by atoms with van der Waals surface area (Å²) in [5.41, 5.74) is 0.869. The smallest absolute Gasteiger partial charge is 0.231 e. The summed E-state index contributed by atoms with van der Waals surface area (Å²) < 4.78 is 6.83. The average Bonchev–Trinajstić information content (AvgIpc) is 3.17. The van der Waals surface area contributed by atoms with E-state index in [-0.39, 0.29) is 11.8 Å². The SMILES string of the molecule is CCOc1cccc2sc(N(CCN(CC)CC)C(=O)C3CCCCC3)nc12. The second kappa shape index (κ2) is 10.2. The van der Waals surface area contributed by atoms with Gasteiger partial charge in [-0.1, -0.05) is 50.5 Å². The summed E-state index contributed by atoms with van der Waals surface area (Å²) >= 11 is 1.60. The molecule has 2 aromatic rings. The largest absolute Gasteiger partial charge is 0.492 e. The van der Waals surface area contributed by atoms with Gasteiger partial charge in [-0.3, -0.25) is 9.69 Å². The number of carbonyl (C=O) groups excluding carboxylic acids is 1. The lowest BCUT2D eigenvalue weighted by Crippen LogP contribution is -2.42. The van der Waals surface area contributed by atoms with Gasteiger partial charge in [0, 0.05) is 19.0 Å². The first-order valence-electron chi connectivity index (χ1n) is 10.7. The Morgan fingerprint density at radius 1 is 1.14 bits per heavy atom. The van der Waals surface area contributed by atoms with Crippen LogP contribution in [0, 0.1) is 5.92 Å². The van der Waals surface area contributed by atoms with Crippen LogP contribution >= 0.6 is 11.3 Å². The highest BCUT2D eigenvalue weighted by atomic mass is 32.1. The molecule has 3 rings (SSSR count). The average molecular weight is 404 g/mol. The zero-order valence-corrected chi connectivity index (χ0v) is 18.3. The lowest BCUT2D eigenvalue weighted by molar-refractivity contribution is -0.123. The molecule has 0 radical (unpaired) electrons. The number of hydrogen-bond donors (Lipinski definition) is 0. The molecule has 0 atom stereocenters. The molecule has 0 aliphatic heterocycles. The summed E-state index contributed by atoms with van der Waals surface area (Å²) in [7, 11) is 0. The van der Waals surface area contributed by atoms with E-state index in [4.69, 9.17) is 9.72 Å². The summed E-state index contributed by atoms with van der Waals surface area (Å²) in [6.07, 6.45) is 5.59. The van der Waals surface area contributed by atoms with Crippen LogP contribution in [0.2, 0.25) is 0 Å². The number of ether oxygens (including phenoxy) is 1. The van der Waals surface area contributed by atoms with E-state index in [1.165, 1.54) is 6.42 Å². The summed E-state index contributed by atoms with van der Waals surface area (Å²) in [6, 6.07) is 6.02. The molecule has 0 bridgehead atoms. The molecule has 154 valence electrons. The lowest BCUT2D eigenvalue weighted by atomic mass is 9.88. The minimum atomic E-state index is 0.142. The maximum Gasteiger partial charge on any atom is 0.231 e. The topological polar surface area (TPSA) is 45.7 Å². The van der Waals surface area contributed by atoms with E-state index in [9.17, 15) is 4.79 Å². The van der Waals surface area contributed by atoms with Crippen LogP contribution in [-0.4, -0.2) is 48.6 Å². The van der Waals surface area contributed by atoms with Gasteiger partial charge in [-0.2, -0.15) is 0 Å². The fourth-order valence-electron chi connectivity index (χ4n) is 3.95. The van der Waals surface area contributed by atoms with Crippen molar-refractivity contribution in [3.05, 3.63) is 18.2 Å². The summed E-state index contributed by atoms with van der Waals surface area (Å²) in [6.45, 7) is 10.5. The van der Waals surface area contributed by atoms with E-state index in [1.54, 1.807) is 11.3 Å². The Morgan fingerprint density at radius 2 is 1.89 bits per heavy atom. The van der Waals surface area contributed by atoms with Crippen molar-refractivity contribution in [3.8, 4) is 5.75 Å². The van der Waals surface area contributed by atoms with E-state index >= 15 is 0 Å². The van der Waals surface area contributed by atoms with Crippen molar-refractivity contribution in [1.29, 1.82) is 0 Å².